The SMILES string of the molecule is O=C(N[C@@H]1C(=O)n2c(nc3ccccc32)[C@@H](C(=O)c2ccccc2)[C@H]1c1ccc(Cl)cc1)c1ccccc1. The van der Waals surface area contributed by atoms with Crippen LogP contribution >= 0.6 is 11.6 Å². The quantitative estimate of drug-likeness (QED) is 0.293. The number of fused-ring (bicyclic) bond motifs is 3. The van der Waals surface area contributed by atoms with Gasteiger partial charge < -0.3 is 5.32 Å². The molecule has 6 rings (SSSR count). The maximum absolute atomic E-state index is 14.2. The fraction of sp³-hybridized carbons (Fsp3) is 0.0968. The molecule has 3 atom stereocenters. The van der Waals surface area contributed by atoms with Gasteiger partial charge in [-0.05, 0) is 42.0 Å². The molecular weight excluding hydrogens is 498 g/mol. The Bertz CT molecular complexity index is 1660. The van der Waals surface area contributed by atoms with Gasteiger partial charge in [0.2, 0.25) is 0 Å². The zero-order valence-corrected chi connectivity index (χ0v) is 20.9. The van der Waals surface area contributed by atoms with Gasteiger partial charge in [0.1, 0.15) is 11.9 Å². The lowest BCUT2D eigenvalue weighted by molar-refractivity contribution is 0.0727. The monoisotopic (exact) mass is 519 g/mol. The van der Waals surface area contributed by atoms with Gasteiger partial charge in [0.25, 0.3) is 11.8 Å². The molecule has 0 unspecified atom stereocenters. The third-order valence-electron chi connectivity index (χ3n) is 6.99. The number of Topliss-reactive ketones (excluding diaryl/α,β-unsaturated/α-hetero) is 1. The van der Waals surface area contributed by atoms with Crippen LogP contribution in [0.4, 0.5) is 0 Å². The van der Waals surface area contributed by atoms with E-state index >= 15 is 0 Å². The number of nitrogens with zero attached hydrogens (tertiary/aromatic N) is 2. The maximum atomic E-state index is 14.2. The van der Waals surface area contributed by atoms with E-state index in [4.69, 9.17) is 16.6 Å². The van der Waals surface area contributed by atoms with Crippen molar-refractivity contribution in [3.05, 3.63) is 137 Å². The molecular formula is C31H22ClN3O3. The van der Waals surface area contributed by atoms with E-state index in [-0.39, 0.29) is 11.7 Å². The van der Waals surface area contributed by atoms with Crippen LogP contribution in [0.3, 0.4) is 0 Å². The number of para-hydroxylation sites is 2. The Labute approximate surface area is 223 Å². The number of imidazole rings is 1. The summed E-state index contributed by atoms with van der Waals surface area (Å²) in [7, 11) is 0. The largest absolute Gasteiger partial charge is 0.340 e. The summed E-state index contributed by atoms with van der Waals surface area (Å²) in [6.07, 6.45) is 0. The van der Waals surface area contributed by atoms with Crippen LogP contribution in [0.1, 0.15) is 48.7 Å². The third-order valence-corrected chi connectivity index (χ3v) is 7.24. The van der Waals surface area contributed by atoms with Crippen molar-refractivity contribution in [2.75, 3.05) is 0 Å². The highest BCUT2D eigenvalue weighted by Crippen LogP contribution is 2.43. The number of carbonyl (C=O) groups excluding carboxylic acids is 3. The van der Waals surface area contributed by atoms with Gasteiger partial charge in [-0.25, -0.2) is 4.98 Å². The van der Waals surface area contributed by atoms with Gasteiger partial charge in [0.05, 0.1) is 17.0 Å². The highest BCUT2D eigenvalue weighted by Gasteiger charge is 2.49. The Morgan fingerprint density at radius 1 is 0.763 bits per heavy atom. The van der Waals surface area contributed by atoms with Crippen LogP contribution in [-0.2, 0) is 0 Å². The fourth-order valence-electron chi connectivity index (χ4n) is 5.23. The lowest BCUT2D eigenvalue weighted by Crippen LogP contribution is -2.53. The molecule has 2 heterocycles. The van der Waals surface area contributed by atoms with Crippen molar-refractivity contribution in [3.63, 3.8) is 0 Å². The molecule has 0 bridgehead atoms. The highest BCUT2D eigenvalue weighted by molar-refractivity contribution is 6.30. The maximum Gasteiger partial charge on any atom is 0.255 e. The highest BCUT2D eigenvalue weighted by atomic mass is 35.5. The average Bonchev–Trinajstić information content (AvgIpc) is 3.35. The Kier molecular flexibility index (Phi) is 6.10. The molecule has 0 saturated heterocycles. The van der Waals surface area contributed by atoms with Gasteiger partial charge in [-0.3, -0.25) is 19.0 Å². The normalized spacial score (nSPS) is 18.7. The number of hydrogen-bond donors (Lipinski definition) is 1. The smallest absolute Gasteiger partial charge is 0.255 e. The van der Waals surface area contributed by atoms with E-state index in [9.17, 15) is 14.4 Å². The molecule has 0 fully saturated rings. The first kappa shape index (κ1) is 23.8. The van der Waals surface area contributed by atoms with Gasteiger partial charge in [0.15, 0.2) is 5.78 Å². The van der Waals surface area contributed by atoms with Crippen LogP contribution in [0.25, 0.3) is 11.0 Å². The van der Waals surface area contributed by atoms with Crippen LogP contribution in [0.15, 0.2) is 109 Å². The predicted molar refractivity (Wildman–Crippen MR) is 146 cm³/mol. The van der Waals surface area contributed by atoms with Crippen LogP contribution in [-0.4, -0.2) is 33.2 Å². The van der Waals surface area contributed by atoms with Crippen LogP contribution < -0.4 is 5.32 Å². The Morgan fingerprint density at radius 3 is 2.05 bits per heavy atom. The summed E-state index contributed by atoms with van der Waals surface area (Å²) in [5.74, 6) is -2.14. The van der Waals surface area contributed by atoms with Crippen molar-refractivity contribution >= 4 is 40.2 Å². The molecule has 0 aliphatic carbocycles. The number of halogens is 1. The predicted octanol–water partition coefficient (Wildman–Crippen LogP) is 5.89. The van der Waals surface area contributed by atoms with Crippen molar-refractivity contribution in [1.29, 1.82) is 0 Å². The summed E-state index contributed by atoms with van der Waals surface area (Å²) in [5.41, 5.74) is 2.81. The lowest BCUT2D eigenvalue weighted by atomic mass is 9.74. The van der Waals surface area contributed by atoms with E-state index in [0.29, 0.717) is 38.6 Å². The number of aromatic nitrogens is 2. The number of carbonyl (C=O) groups is 3. The zero-order valence-electron chi connectivity index (χ0n) is 20.1. The van der Waals surface area contributed by atoms with E-state index in [1.807, 2.05) is 30.3 Å². The van der Waals surface area contributed by atoms with Gasteiger partial charge >= 0.3 is 0 Å². The molecule has 38 heavy (non-hydrogen) atoms. The number of nitrogens with one attached hydrogen (secondary N) is 1. The molecule has 0 spiro atoms. The van der Waals surface area contributed by atoms with E-state index < -0.39 is 23.8 Å². The third kappa shape index (κ3) is 4.09. The molecule has 5 aromatic rings. The molecule has 0 radical (unpaired) electrons. The molecule has 186 valence electrons. The molecule has 1 aliphatic heterocycles. The van der Waals surface area contributed by atoms with Gasteiger partial charge in [-0.2, -0.15) is 0 Å². The standard InChI is InChI=1S/C31H22ClN3O3/c32-22-17-15-19(16-18-22)25-26(28(36)20-9-3-1-4-10-20)29-33-23-13-7-8-14-24(23)35(29)31(38)27(25)34-30(37)21-11-5-2-6-12-21/h1-18,25-27H,(H,34,37)/t25-,26-,27+/m1/s1. The lowest BCUT2D eigenvalue weighted by Gasteiger charge is -2.37. The number of rotatable bonds is 5. The minimum absolute atomic E-state index is 0.187. The molecule has 1 aromatic heterocycles. The summed E-state index contributed by atoms with van der Waals surface area (Å²) in [6.45, 7) is 0. The topological polar surface area (TPSA) is 81.1 Å². The first-order chi connectivity index (χ1) is 18.5. The molecule has 1 amide bonds. The van der Waals surface area contributed by atoms with Gasteiger partial charge in [-0.15, -0.1) is 0 Å². The van der Waals surface area contributed by atoms with Crippen molar-refractivity contribution < 1.29 is 14.4 Å². The summed E-state index contributed by atoms with van der Waals surface area (Å²) in [4.78, 5) is 46.5. The van der Waals surface area contributed by atoms with Crippen molar-refractivity contribution in [2.45, 2.75) is 17.9 Å². The molecule has 1 N–H and O–H groups in total. The Balaban J connectivity index is 1.58. The second kappa shape index (κ2) is 9.72. The molecule has 1 aliphatic rings. The number of benzene rings is 4. The van der Waals surface area contributed by atoms with Crippen molar-refractivity contribution in [3.8, 4) is 0 Å². The van der Waals surface area contributed by atoms with Gasteiger partial charge in [-0.1, -0.05) is 84.4 Å². The fourth-order valence-corrected chi connectivity index (χ4v) is 5.35. The van der Waals surface area contributed by atoms with E-state index in [1.165, 1.54) is 4.57 Å². The van der Waals surface area contributed by atoms with Crippen LogP contribution in [0, 0.1) is 0 Å². The Morgan fingerprint density at radius 2 is 1.37 bits per heavy atom. The average molecular weight is 520 g/mol. The van der Waals surface area contributed by atoms with Crippen molar-refractivity contribution in [1.82, 2.24) is 14.9 Å². The summed E-state index contributed by atoms with van der Waals surface area (Å²) < 4.78 is 1.49. The first-order valence-corrected chi connectivity index (χ1v) is 12.6. The number of hydrogen-bond acceptors (Lipinski definition) is 4. The minimum atomic E-state index is -1.04. The summed E-state index contributed by atoms with van der Waals surface area (Å²) in [6, 6.07) is 30.9. The number of ketones is 1. The van der Waals surface area contributed by atoms with Crippen molar-refractivity contribution in [2.24, 2.45) is 0 Å². The number of amides is 1. The van der Waals surface area contributed by atoms with E-state index in [1.54, 1.807) is 78.9 Å². The molecule has 6 nitrogen and oxygen atoms in total. The second-order valence-corrected chi connectivity index (χ2v) is 9.67. The minimum Gasteiger partial charge on any atom is -0.340 e. The van der Waals surface area contributed by atoms with Gasteiger partial charge in [0, 0.05) is 22.1 Å². The van der Waals surface area contributed by atoms with Crippen LogP contribution in [0.5, 0.6) is 0 Å². The second-order valence-electron chi connectivity index (χ2n) is 9.23. The Hall–Kier alpha value is -4.55. The summed E-state index contributed by atoms with van der Waals surface area (Å²) >= 11 is 6.19. The van der Waals surface area contributed by atoms with E-state index in [2.05, 4.69) is 5.32 Å². The summed E-state index contributed by atoms with van der Waals surface area (Å²) in [5, 5.41) is 3.48. The molecule has 0 saturated carbocycles. The van der Waals surface area contributed by atoms with Crippen LogP contribution in [0.2, 0.25) is 5.02 Å². The first-order valence-electron chi connectivity index (χ1n) is 12.2. The van der Waals surface area contributed by atoms with E-state index in [0.717, 1.165) is 0 Å². The molecule has 4 aromatic carbocycles. The zero-order chi connectivity index (χ0) is 26.2. The molecule has 7 heteroatoms.